The van der Waals surface area contributed by atoms with Crippen molar-refractivity contribution in [3.8, 4) is 0 Å². The van der Waals surface area contributed by atoms with Gasteiger partial charge in [-0.3, -0.25) is 9.78 Å². The lowest BCUT2D eigenvalue weighted by atomic mass is 9.73. The van der Waals surface area contributed by atoms with Gasteiger partial charge >= 0.3 is 0 Å². The largest absolute Gasteiger partial charge is 0.339 e. The van der Waals surface area contributed by atoms with Crippen LogP contribution < -0.4 is 0 Å². The van der Waals surface area contributed by atoms with Gasteiger partial charge in [0.1, 0.15) is 6.29 Å². The quantitative estimate of drug-likeness (QED) is 0.756. The zero-order valence-corrected chi connectivity index (χ0v) is 12.9. The molecule has 1 atom stereocenters. The Morgan fingerprint density at radius 1 is 1.38 bits per heavy atom. The van der Waals surface area contributed by atoms with E-state index in [0.29, 0.717) is 25.8 Å². The topological polar surface area (TPSA) is 50.3 Å². The third-order valence-corrected chi connectivity index (χ3v) is 4.68. The van der Waals surface area contributed by atoms with Crippen molar-refractivity contribution >= 4 is 12.2 Å². The number of rotatable bonds is 6. The average Bonchev–Trinajstić information content (AvgIpc) is 2.53. The van der Waals surface area contributed by atoms with Crippen molar-refractivity contribution < 1.29 is 9.59 Å². The zero-order valence-electron chi connectivity index (χ0n) is 12.9. The smallest absolute Gasteiger partial charge is 0.222 e. The number of nitrogens with zero attached hydrogens (tertiary/aromatic N) is 2. The standard InChI is InChI=1S/C17H24N2O2/c1-3-14(4-2)19-13-17(10-12-20,9-8-16(19)21)15-7-5-6-11-18-15/h5-7,11-12,14H,3-4,8-10,13H2,1-2H3. The van der Waals surface area contributed by atoms with Gasteiger partial charge in [0.05, 0.1) is 0 Å². The van der Waals surface area contributed by atoms with Gasteiger partial charge < -0.3 is 9.69 Å². The highest BCUT2D eigenvalue weighted by atomic mass is 16.2. The van der Waals surface area contributed by atoms with Crippen LogP contribution in [0.15, 0.2) is 24.4 Å². The van der Waals surface area contributed by atoms with Crippen LogP contribution in [-0.2, 0) is 15.0 Å². The third-order valence-electron chi connectivity index (χ3n) is 4.68. The molecule has 1 saturated heterocycles. The lowest BCUT2D eigenvalue weighted by Gasteiger charge is -2.44. The molecule has 1 aromatic rings. The summed E-state index contributed by atoms with van der Waals surface area (Å²) in [5, 5.41) is 0. The van der Waals surface area contributed by atoms with Crippen LogP contribution in [0.3, 0.4) is 0 Å². The van der Waals surface area contributed by atoms with Crippen LogP contribution in [0.2, 0.25) is 0 Å². The van der Waals surface area contributed by atoms with Gasteiger partial charge in [0, 0.05) is 42.7 Å². The number of amides is 1. The Morgan fingerprint density at radius 2 is 2.14 bits per heavy atom. The van der Waals surface area contributed by atoms with Gasteiger partial charge in [0.25, 0.3) is 0 Å². The van der Waals surface area contributed by atoms with E-state index in [-0.39, 0.29) is 17.4 Å². The molecule has 114 valence electrons. The van der Waals surface area contributed by atoms with Crippen LogP contribution >= 0.6 is 0 Å². The van der Waals surface area contributed by atoms with Crippen LogP contribution in [0.25, 0.3) is 0 Å². The van der Waals surface area contributed by atoms with E-state index in [1.807, 2.05) is 23.1 Å². The fourth-order valence-corrected chi connectivity index (χ4v) is 3.36. The van der Waals surface area contributed by atoms with Crippen LogP contribution in [-0.4, -0.2) is 34.7 Å². The molecule has 0 aliphatic carbocycles. The maximum absolute atomic E-state index is 12.3. The van der Waals surface area contributed by atoms with Crippen LogP contribution in [0.4, 0.5) is 0 Å². The number of pyridine rings is 1. The first-order chi connectivity index (χ1) is 10.2. The fourth-order valence-electron chi connectivity index (χ4n) is 3.36. The highest BCUT2D eigenvalue weighted by molar-refractivity contribution is 5.78. The molecular weight excluding hydrogens is 264 g/mol. The van der Waals surface area contributed by atoms with E-state index in [4.69, 9.17) is 0 Å². The first-order valence-corrected chi connectivity index (χ1v) is 7.81. The van der Waals surface area contributed by atoms with Gasteiger partial charge in [-0.15, -0.1) is 0 Å². The molecule has 4 nitrogen and oxygen atoms in total. The second-order valence-corrected chi connectivity index (χ2v) is 5.86. The maximum atomic E-state index is 12.3. The number of carbonyl (C=O) groups is 2. The van der Waals surface area contributed by atoms with E-state index in [0.717, 1.165) is 24.8 Å². The monoisotopic (exact) mass is 288 g/mol. The van der Waals surface area contributed by atoms with Gasteiger partial charge in [-0.1, -0.05) is 19.9 Å². The fraction of sp³-hybridized carbons (Fsp3) is 0.588. The summed E-state index contributed by atoms with van der Waals surface area (Å²) in [6.07, 6.45) is 6.26. The highest BCUT2D eigenvalue weighted by Gasteiger charge is 2.42. The van der Waals surface area contributed by atoms with Gasteiger partial charge in [-0.2, -0.15) is 0 Å². The van der Waals surface area contributed by atoms with Crippen molar-refractivity contribution in [2.24, 2.45) is 0 Å². The van der Waals surface area contributed by atoms with Gasteiger partial charge in [-0.25, -0.2) is 0 Å². The minimum atomic E-state index is -0.320. The van der Waals surface area contributed by atoms with Crippen molar-refractivity contribution in [2.75, 3.05) is 6.54 Å². The number of likely N-dealkylation sites (tertiary alicyclic amines) is 1. The summed E-state index contributed by atoms with van der Waals surface area (Å²) in [6, 6.07) is 6.06. The molecule has 0 N–H and O–H groups in total. The summed E-state index contributed by atoms with van der Waals surface area (Å²) in [5.74, 6) is 0.209. The van der Waals surface area contributed by atoms with Crippen molar-refractivity contribution in [3.05, 3.63) is 30.1 Å². The molecule has 4 heteroatoms. The molecule has 0 bridgehead atoms. The van der Waals surface area contributed by atoms with Crippen molar-refractivity contribution in [1.29, 1.82) is 0 Å². The van der Waals surface area contributed by atoms with E-state index >= 15 is 0 Å². The second-order valence-electron chi connectivity index (χ2n) is 5.86. The van der Waals surface area contributed by atoms with Crippen molar-refractivity contribution in [3.63, 3.8) is 0 Å². The number of aromatic nitrogens is 1. The summed E-state index contributed by atoms with van der Waals surface area (Å²) in [7, 11) is 0. The first kappa shape index (κ1) is 15.7. The Hall–Kier alpha value is -1.71. The predicted octanol–water partition coefficient (Wildman–Crippen LogP) is 2.72. The summed E-state index contributed by atoms with van der Waals surface area (Å²) in [4.78, 5) is 30.0. The second kappa shape index (κ2) is 6.83. The number of hydrogen-bond acceptors (Lipinski definition) is 3. The molecule has 1 aromatic heterocycles. The highest BCUT2D eigenvalue weighted by Crippen LogP contribution is 2.37. The van der Waals surface area contributed by atoms with E-state index in [9.17, 15) is 9.59 Å². The number of aldehydes is 1. The van der Waals surface area contributed by atoms with Gasteiger partial charge in [-0.05, 0) is 31.4 Å². The Bertz CT molecular complexity index is 485. The lowest BCUT2D eigenvalue weighted by Crippen LogP contribution is -2.53. The zero-order chi connectivity index (χ0) is 15.3. The molecule has 0 spiro atoms. The Labute approximate surface area is 126 Å². The Morgan fingerprint density at radius 3 is 2.71 bits per heavy atom. The van der Waals surface area contributed by atoms with Crippen molar-refractivity contribution in [2.45, 2.75) is 57.4 Å². The number of piperidine rings is 1. The molecular formula is C17H24N2O2. The molecule has 1 aliphatic heterocycles. The molecule has 0 radical (unpaired) electrons. The number of hydrogen-bond donors (Lipinski definition) is 0. The van der Waals surface area contributed by atoms with Gasteiger partial charge in [0.15, 0.2) is 0 Å². The van der Waals surface area contributed by atoms with Crippen LogP contribution in [0.1, 0.15) is 51.6 Å². The molecule has 2 heterocycles. The summed E-state index contributed by atoms with van der Waals surface area (Å²) in [5.41, 5.74) is 0.611. The Balaban J connectivity index is 2.34. The lowest BCUT2D eigenvalue weighted by molar-refractivity contribution is -0.139. The van der Waals surface area contributed by atoms with E-state index in [1.54, 1.807) is 6.20 Å². The molecule has 1 aliphatic rings. The normalized spacial score (nSPS) is 22.6. The first-order valence-electron chi connectivity index (χ1n) is 7.81. The molecule has 1 unspecified atom stereocenters. The minimum absolute atomic E-state index is 0.209. The predicted molar refractivity (Wildman–Crippen MR) is 81.9 cm³/mol. The third kappa shape index (κ3) is 3.14. The summed E-state index contributed by atoms with van der Waals surface area (Å²) >= 11 is 0. The van der Waals surface area contributed by atoms with E-state index in [1.165, 1.54) is 0 Å². The molecule has 2 rings (SSSR count). The molecule has 0 saturated carbocycles. The molecule has 0 aromatic carbocycles. The molecule has 21 heavy (non-hydrogen) atoms. The van der Waals surface area contributed by atoms with Crippen molar-refractivity contribution in [1.82, 2.24) is 9.88 Å². The summed E-state index contributed by atoms with van der Waals surface area (Å²) in [6.45, 7) is 4.82. The van der Waals surface area contributed by atoms with E-state index in [2.05, 4.69) is 18.8 Å². The SMILES string of the molecule is CCC(CC)N1CC(CC=O)(c2ccccn2)CCC1=O. The maximum Gasteiger partial charge on any atom is 0.222 e. The molecule has 1 amide bonds. The number of carbonyl (C=O) groups excluding carboxylic acids is 2. The average molecular weight is 288 g/mol. The Kier molecular flexibility index (Phi) is 5.10. The molecule has 1 fully saturated rings. The minimum Gasteiger partial charge on any atom is -0.339 e. The van der Waals surface area contributed by atoms with Crippen LogP contribution in [0, 0.1) is 0 Å². The van der Waals surface area contributed by atoms with Gasteiger partial charge in [0.2, 0.25) is 5.91 Å². The van der Waals surface area contributed by atoms with E-state index < -0.39 is 0 Å². The van der Waals surface area contributed by atoms with Crippen LogP contribution in [0.5, 0.6) is 0 Å². The summed E-state index contributed by atoms with van der Waals surface area (Å²) < 4.78 is 0.